The molecule has 0 saturated heterocycles. The lowest BCUT2D eigenvalue weighted by Crippen LogP contribution is -2.67. The second kappa shape index (κ2) is 25.8. The van der Waals surface area contributed by atoms with Crippen LogP contribution in [0.3, 0.4) is 0 Å². The smallest absolute Gasteiger partial charge is 0.408 e. The molecular formula is C61H72IN3O12Si. The quantitative estimate of drug-likeness (QED) is 0.0377. The summed E-state index contributed by atoms with van der Waals surface area (Å²) in [4.78, 5) is 47.7. The van der Waals surface area contributed by atoms with Crippen LogP contribution in [0.4, 0.5) is 10.5 Å². The summed E-state index contributed by atoms with van der Waals surface area (Å²) in [6.07, 6.45) is -0.928. The molecule has 0 aliphatic carbocycles. The number of carbonyl (C=O) groups excluding carboxylic acids is 3. The van der Waals surface area contributed by atoms with Gasteiger partial charge in [0, 0.05) is 30.3 Å². The van der Waals surface area contributed by atoms with E-state index in [4.69, 9.17) is 42.3 Å². The number of carbonyl (C=O) groups is 3. The average molecular weight is 1190 g/mol. The summed E-state index contributed by atoms with van der Waals surface area (Å²) in [6.45, 7) is 16.9. The number of nitrogens with one attached hydrogen (secondary N) is 2. The van der Waals surface area contributed by atoms with Gasteiger partial charge in [0.1, 0.15) is 35.8 Å². The van der Waals surface area contributed by atoms with Crippen molar-refractivity contribution in [3.63, 3.8) is 0 Å². The van der Waals surface area contributed by atoms with Crippen LogP contribution < -0.4 is 49.4 Å². The van der Waals surface area contributed by atoms with Gasteiger partial charge in [0.2, 0.25) is 18.6 Å². The van der Waals surface area contributed by atoms with Crippen molar-refractivity contribution in [2.24, 2.45) is 0 Å². The molecule has 0 aromatic heterocycles. The Morgan fingerprint density at radius 1 is 0.756 bits per heavy atom. The molecule has 0 bridgehead atoms. The van der Waals surface area contributed by atoms with Crippen molar-refractivity contribution in [2.75, 3.05) is 46.8 Å². The van der Waals surface area contributed by atoms with Crippen molar-refractivity contribution in [1.82, 2.24) is 10.2 Å². The molecule has 6 aromatic carbocycles. The number of aryl methyl sites for hydroxylation is 1. The predicted octanol–water partition coefficient (Wildman–Crippen LogP) is 10.8. The highest BCUT2D eigenvalue weighted by Crippen LogP contribution is 2.49. The number of benzene rings is 6. The number of rotatable bonds is 22. The zero-order valence-corrected chi connectivity index (χ0v) is 49.8. The number of methoxy groups -OCH3 is 3. The Balaban J connectivity index is 1.48. The Kier molecular flexibility index (Phi) is 19.5. The fraction of sp³-hybridized carbons (Fsp3) is 0.361. The molecule has 1 aliphatic rings. The van der Waals surface area contributed by atoms with Gasteiger partial charge in [-0.1, -0.05) is 118 Å². The Morgan fingerprint density at radius 3 is 1.92 bits per heavy atom. The van der Waals surface area contributed by atoms with Gasteiger partial charge in [-0.15, -0.1) is 0 Å². The molecule has 1 aliphatic heterocycles. The highest BCUT2D eigenvalue weighted by atomic mass is 127. The summed E-state index contributed by atoms with van der Waals surface area (Å²) in [5.74, 6) is 1.53. The van der Waals surface area contributed by atoms with E-state index in [2.05, 4.69) is 78.3 Å². The minimum absolute atomic E-state index is 0.0810. The lowest BCUT2D eigenvalue weighted by molar-refractivity contribution is -0.143. The molecule has 1 unspecified atom stereocenters. The first-order valence-corrected chi connectivity index (χ1v) is 28.8. The molecule has 414 valence electrons. The Labute approximate surface area is 473 Å². The standard InChI is InChI=1S/C61H72IN3O12Si/c1-39-32-43(52(62)56(53(39)71-12)72-35-42-22-16-13-17-23-42)33-49(64-59(68)77-60(4,5)6)58(67)65(41(3)57(66)63-44-28-30-45(70-11)31-29-44)50(48-34-51(73-37-69-10)40(2)54-55(48)75-38-74-54)36-76-78(61(7,8)9,46-24-18-14-19-25-46)47-26-20-15-21-27-47/h13-32,34,41,49-50H,33,35-38H2,1-12H3,(H,63,66)(H,64,68)/t41?,49-,50-/m0/s1. The topological polar surface area (TPSA) is 162 Å². The van der Waals surface area contributed by atoms with Gasteiger partial charge >= 0.3 is 6.09 Å². The van der Waals surface area contributed by atoms with Crippen molar-refractivity contribution >= 4 is 64.9 Å². The average Bonchev–Trinajstić information content (AvgIpc) is 4.01. The van der Waals surface area contributed by atoms with Crippen LogP contribution >= 0.6 is 22.6 Å². The monoisotopic (exact) mass is 1190 g/mol. The first-order valence-electron chi connectivity index (χ1n) is 25.8. The normalized spacial score (nSPS) is 13.4. The summed E-state index contributed by atoms with van der Waals surface area (Å²) in [5, 5.41) is 7.47. The number of nitrogens with zero attached hydrogens (tertiary/aromatic N) is 1. The van der Waals surface area contributed by atoms with E-state index in [1.807, 2.05) is 86.6 Å². The fourth-order valence-electron chi connectivity index (χ4n) is 9.79. The van der Waals surface area contributed by atoms with E-state index in [0.717, 1.165) is 21.5 Å². The van der Waals surface area contributed by atoms with Gasteiger partial charge in [-0.05, 0) is 127 Å². The molecule has 17 heteroatoms. The largest absolute Gasteiger partial charge is 0.497 e. The van der Waals surface area contributed by atoms with Crippen LogP contribution in [-0.2, 0) is 36.5 Å². The van der Waals surface area contributed by atoms with Crippen LogP contribution in [0.25, 0.3) is 0 Å². The van der Waals surface area contributed by atoms with Crippen molar-refractivity contribution < 1.29 is 56.7 Å². The van der Waals surface area contributed by atoms with E-state index in [1.54, 1.807) is 72.2 Å². The van der Waals surface area contributed by atoms with Crippen molar-refractivity contribution in [1.29, 1.82) is 0 Å². The maximum Gasteiger partial charge on any atom is 0.408 e. The molecule has 3 atom stereocenters. The molecule has 0 saturated carbocycles. The number of alkyl carbamates (subject to hydrolysis) is 1. The van der Waals surface area contributed by atoms with Crippen molar-refractivity contribution in [2.45, 2.75) is 104 Å². The van der Waals surface area contributed by atoms with E-state index in [0.29, 0.717) is 60.4 Å². The van der Waals surface area contributed by atoms with Crippen LogP contribution in [0.5, 0.6) is 34.5 Å². The molecule has 0 fully saturated rings. The van der Waals surface area contributed by atoms with Gasteiger partial charge in [-0.2, -0.15) is 0 Å². The molecule has 0 spiro atoms. The van der Waals surface area contributed by atoms with Gasteiger partial charge < -0.3 is 57.9 Å². The molecule has 7 rings (SSSR count). The second-order valence-electron chi connectivity index (χ2n) is 21.0. The number of hydrogen-bond acceptors (Lipinski definition) is 12. The first kappa shape index (κ1) is 58.9. The number of hydrogen-bond donors (Lipinski definition) is 2. The molecular weight excluding hydrogens is 1120 g/mol. The predicted molar refractivity (Wildman–Crippen MR) is 312 cm³/mol. The van der Waals surface area contributed by atoms with Crippen LogP contribution in [0.1, 0.15) is 82.3 Å². The number of halogens is 1. The Hall–Kier alpha value is -6.80. The van der Waals surface area contributed by atoms with Gasteiger partial charge in [-0.3, -0.25) is 9.59 Å². The number of fused-ring (bicyclic) bond motifs is 1. The molecule has 3 amide bonds. The zero-order chi connectivity index (χ0) is 56.4. The van der Waals surface area contributed by atoms with E-state index in [-0.39, 0.29) is 33.2 Å². The third-order valence-corrected chi connectivity index (χ3v) is 19.6. The molecule has 0 radical (unpaired) electrons. The van der Waals surface area contributed by atoms with E-state index < -0.39 is 55.0 Å². The minimum atomic E-state index is -3.42. The summed E-state index contributed by atoms with van der Waals surface area (Å²) in [5.41, 5.74) is 2.90. The maximum atomic E-state index is 16.7. The summed E-state index contributed by atoms with van der Waals surface area (Å²) < 4.78 is 56.4. The third-order valence-electron chi connectivity index (χ3n) is 13.5. The summed E-state index contributed by atoms with van der Waals surface area (Å²) in [7, 11) is 1.24. The summed E-state index contributed by atoms with van der Waals surface area (Å²) >= 11 is 2.20. The summed E-state index contributed by atoms with van der Waals surface area (Å²) in [6, 6.07) is 36.8. The van der Waals surface area contributed by atoms with Crippen molar-refractivity contribution in [3.8, 4) is 34.5 Å². The Morgan fingerprint density at radius 2 is 1.36 bits per heavy atom. The molecule has 78 heavy (non-hydrogen) atoms. The SMILES string of the molecule is COCOc1cc([C@H](CO[Si](c2ccccc2)(c2ccccc2)C(C)(C)C)N(C(=O)[C@H](Cc2cc(C)c(OC)c(OCc3ccccc3)c2I)NC(=O)OC(C)(C)C)C(C)C(=O)Nc2ccc(OC)cc2)c2c(c1C)OCO2. The van der Waals surface area contributed by atoms with Crippen molar-refractivity contribution in [3.05, 3.63) is 159 Å². The van der Waals surface area contributed by atoms with E-state index >= 15 is 9.59 Å². The van der Waals surface area contributed by atoms with Gasteiger partial charge in [0.05, 0.1) is 30.4 Å². The lowest BCUT2D eigenvalue weighted by Gasteiger charge is -2.45. The van der Waals surface area contributed by atoms with Crippen LogP contribution in [-0.4, -0.2) is 90.3 Å². The minimum Gasteiger partial charge on any atom is -0.497 e. The Bertz CT molecular complexity index is 2970. The molecule has 2 N–H and O–H groups in total. The third kappa shape index (κ3) is 13.5. The molecule has 15 nitrogen and oxygen atoms in total. The van der Waals surface area contributed by atoms with E-state index in [1.165, 1.54) is 12.0 Å². The highest BCUT2D eigenvalue weighted by Gasteiger charge is 2.52. The lowest BCUT2D eigenvalue weighted by atomic mass is 9.96. The first-order chi connectivity index (χ1) is 37.2. The van der Waals surface area contributed by atoms with E-state index in [9.17, 15) is 4.79 Å². The van der Waals surface area contributed by atoms with Crippen LogP contribution in [0, 0.1) is 17.4 Å². The van der Waals surface area contributed by atoms with Gasteiger partial charge in [-0.25, -0.2) is 4.79 Å². The van der Waals surface area contributed by atoms with Gasteiger partial charge in [0.15, 0.2) is 29.8 Å². The molecule has 1 heterocycles. The van der Waals surface area contributed by atoms with Crippen LogP contribution in [0.2, 0.25) is 5.04 Å². The highest BCUT2D eigenvalue weighted by molar-refractivity contribution is 14.1. The molecule has 6 aromatic rings. The van der Waals surface area contributed by atoms with Gasteiger partial charge in [0.25, 0.3) is 8.32 Å². The van der Waals surface area contributed by atoms with Crippen LogP contribution in [0.15, 0.2) is 127 Å². The number of ether oxygens (including phenoxy) is 8. The zero-order valence-electron chi connectivity index (χ0n) is 46.6. The number of anilines is 1. The number of amides is 3. The maximum absolute atomic E-state index is 16.7. The second-order valence-corrected chi connectivity index (χ2v) is 26.4. The fourth-order valence-corrected chi connectivity index (χ4v) is 15.1.